The van der Waals surface area contributed by atoms with Crippen LogP contribution in [0.25, 0.3) is 0 Å². The Morgan fingerprint density at radius 1 is 1.25 bits per heavy atom. The fourth-order valence-electron chi connectivity index (χ4n) is 1.53. The molecule has 3 heteroatoms. The lowest BCUT2D eigenvalue weighted by Crippen LogP contribution is -2.26. The predicted molar refractivity (Wildman–Crippen MR) is 65.2 cm³/mol. The predicted octanol–water partition coefficient (Wildman–Crippen LogP) is 1.69. The van der Waals surface area contributed by atoms with Gasteiger partial charge in [0.1, 0.15) is 0 Å². The van der Waals surface area contributed by atoms with Gasteiger partial charge in [0.2, 0.25) is 0 Å². The number of nitrogens with one attached hydrogen (secondary N) is 1. The third-order valence-electron chi connectivity index (χ3n) is 2.42. The third-order valence-corrected chi connectivity index (χ3v) is 2.42. The van der Waals surface area contributed by atoms with Crippen LogP contribution in [0, 0.1) is 0 Å². The Hall–Kier alpha value is -0.900. The van der Waals surface area contributed by atoms with Crippen LogP contribution < -0.4 is 5.32 Å². The summed E-state index contributed by atoms with van der Waals surface area (Å²) in [6.45, 7) is 6.62. The highest BCUT2D eigenvalue weighted by molar-refractivity contribution is 5.21. The molecule has 0 spiro atoms. The van der Waals surface area contributed by atoms with E-state index >= 15 is 0 Å². The van der Waals surface area contributed by atoms with Gasteiger partial charge in [0.25, 0.3) is 0 Å². The minimum Gasteiger partial charge on any atom is -0.392 e. The highest BCUT2D eigenvalue weighted by atomic mass is 16.5. The molecule has 3 nitrogen and oxygen atoms in total. The summed E-state index contributed by atoms with van der Waals surface area (Å²) >= 11 is 0. The molecule has 0 saturated carbocycles. The van der Waals surface area contributed by atoms with Crippen LogP contribution >= 0.6 is 0 Å². The lowest BCUT2D eigenvalue weighted by atomic mass is 10.1. The van der Waals surface area contributed by atoms with Crippen molar-refractivity contribution in [2.45, 2.75) is 33.1 Å². The first-order valence-corrected chi connectivity index (χ1v) is 5.77. The quantitative estimate of drug-likeness (QED) is 0.739. The first kappa shape index (κ1) is 13.2. The number of aliphatic hydroxyl groups excluding tert-OH is 1. The molecular weight excluding hydrogens is 202 g/mol. The van der Waals surface area contributed by atoms with Gasteiger partial charge in [0, 0.05) is 19.7 Å². The average Bonchev–Trinajstić information content (AvgIpc) is 2.30. The fourth-order valence-corrected chi connectivity index (χ4v) is 1.53. The molecule has 0 heterocycles. The average molecular weight is 223 g/mol. The summed E-state index contributed by atoms with van der Waals surface area (Å²) in [5, 5.41) is 12.2. The maximum absolute atomic E-state index is 8.90. The minimum atomic E-state index is 0.106. The van der Waals surface area contributed by atoms with Crippen molar-refractivity contribution in [3.05, 3.63) is 35.4 Å². The maximum atomic E-state index is 8.90. The summed E-state index contributed by atoms with van der Waals surface area (Å²) < 4.78 is 5.42. The number of rotatable bonds is 7. The van der Waals surface area contributed by atoms with Crippen molar-refractivity contribution in [1.82, 2.24) is 5.32 Å². The zero-order chi connectivity index (χ0) is 11.8. The Morgan fingerprint density at radius 2 is 1.88 bits per heavy atom. The second-order valence-corrected chi connectivity index (χ2v) is 3.87. The molecule has 1 unspecified atom stereocenters. The molecule has 1 rings (SSSR count). The van der Waals surface area contributed by atoms with Gasteiger partial charge in [-0.1, -0.05) is 24.3 Å². The molecular formula is C13H21NO2. The summed E-state index contributed by atoms with van der Waals surface area (Å²) in [5.41, 5.74) is 2.17. The van der Waals surface area contributed by atoms with E-state index in [0.717, 1.165) is 25.3 Å². The monoisotopic (exact) mass is 223 g/mol. The first-order chi connectivity index (χ1) is 7.76. The van der Waals surface area contributed by atoms with Gasteiger partial charge in [-0.2, -0.15) is 0 Å². The number of benzene rings is 1. The Bertz CT molecular complexity index is 284. The van der Waals surface area contributed by atoms with E-state index in [0.29, 0.717) is 0 Å². The summed E-state index contributed by atoms with van der Waals surface area (Å²) in [7, 11) is 0. The standard InChI is InChI=1S/C13H21NO2/c1-3-16-11(2)8-14-9-12-4-6-13(10-15)7-5-12/h4-7,11,14-15H,3,8-10H2,1-2H3. The van der Waals surface area contributed by atoms with Gasteiger partial charge in [0.15, 0.2) is 0 Å². The maximum Gasteiger partial charge on any atom is 0.0681 e. The largest absolute Gasteiger partial charge is 0.392 e. The van der Waals surface area contributed by atoms with Crippen molar-refractivity contribution in [3.63, 3.8) is 0 Å². The van der Waals surface area contributed by atoms with E-state index in [1.807, 2.05) is 31.2 Å². The SMILES string of the molecule is CCOC(C)CNCc1ccc(CO)cc1. The summed E-state index contributed by atoms with van der Waals surface area (Å²) in [5.74, 6) is 0. The van der Waals surface area contributed by atoms with Crippen LogP contribution in [-0.2, 0) is 17.9 Å². The third kappa shape index (κ3) is 4.75. The number of hydrogen-bond donors (Lipinski definition) is 2. The van der Waals surface area contributed by atoms with Crippen LogP contribution in [0.5, 0.6) is 0 Å². The van der Waals surface area contributed by atoms with Crippen molar-refractivity contribution in [2.75, 3.05) is 13.2 Å². The van der Waals surface area contributed by atoms with Gasteiger partial charge in [-0.15, -0.1) is 0 Å². The molecule has 2 N–H and O–H groups in total. The first-order valence-electron chi connectivity index (χ1n) is 5.77. The zero-order valence-electron chi connectivity index (χ0n) is 10.1. The molecule has 0 radical (unpaired) electrons. The van der Waals surface area contributed by atoms with Gasteiger partial charge in [-0.05, 0) is 25.0 Å². The van der Waals surface area contributed by atoms with Crippen molar-refractivity contribution in [1.29, 1.82) is 0 Å². The molecule has 90 valence electrons. The summed E-state index contributed by atoms with van der Waals surface area (Å²) in [4.78, 5) is 0. The number of ether oxygens (including phenoxy) is 1. The Morgan fingerprint density at radius 3 is 2.44 bits per heavy atom. The van der Waals surface area contributed by atoms with Crippen LogP contribution in [0.4, 0.5) is 0 Å². The van der Waals surface area contributed by atoms with Crippen LogP contribution in [0.15, 0.2) is 24.3 Å². The summed E-state index contributed by atoms with van der Waals surface area (Å²) in [6.07, 6.45) is 0.252. The van der Waals surface area contributed by atoms with Gasteiger partial charge in [0.05, 0.1) is 12.7 Å². The molecule has 0 aliphatic rings. The fraction of sp³-hybridized carbons (Fsp3) is 0.538. The Labute approximate surface area is 97.4 Å². The number of hydrogen-bond acceptors (Lipinski definition) is 3. The van der Waals surface area contributed by atoms with E-state index in [1.165, 1.54) is 5.56 Å². The van der Waals surface area contributed by atoms with Crippen LogP contribution in [0.3, 0.4) is 0 Å². The molecule has 0 bridgehead atoms. The van der Waals surface area contributed by atoms with Crippen LogP contribution in [-0.4, -0.2) is 24.4 Å². The topological polar surface area (TPSA) is 41.5 Å². The molecule has 1 aromatic rings. The molecule has 0 fully saturated rings. The molecule has 0 aliphatic heterocycles. The van der Waals surface area contributed by atoms with Gasteiger partial charge in [-0.3, -0.25) is 0 Å². The molecule has 1 atom stereocenters. The molecule has 0 aliphatic carbocycles. The molecule has 1 aromatic carbocycles. The van der Waals surface area contributed by atoms with Crippen molar-refractivity contribution in [2.24, 2.45) is 0 Å². The van der Waals surface area contributed by atoms with E-state index in [2.05, 4.69) is 12.2 Å². The smallest absolute Gasteiger partial charge is 0.0681 e. The molecule has 16 heavy (non-hydrogen) atoms. The van der Waals surface area contributed by atoms with E-state index in [1.54, 1.807) is 0 Å². The highest BCUT2D eigenvalue weighted by Crippen LogP contribution is 2.04. The van der Waals surface area contributed by atoms with E-state index in [4.69, 9.17) is 9.84 Å². The van der Waals surface area contributed by atoms with Crippen LogP contribution in [0.2, 0.25) is 0 Å². The Balaban J connectivity index is 2.26. The van der Waals surface area contributed by atoms with Crippen molar-refractivity contribution in [3.8, 4) is 0 Å². The lowest BCUT2D eigenvalue weighted by Gasteiger charge is -2.12. The van der Waals surface area contributed by atoms with Gasteiger partial charge >= 0.3 is 0 Å². The minimum absolute atomic E-state index is 0.106. The zero-order valence-corrected chi connectivity index (χ0v) is 10.1. The molecule has 0 aromatic heterocycles. The van der Waals surface area contributed by atoms with Crippen LogP contribution in [0.1, 0.15) is 25.0 Å². The lowest BCUT2D eigenvalue weighted by molar-refractivity contribution is 0.0759. The molecule has 0 amide bonds. The second-order valence-electron chi connectivity index (χ2n) is 3.87. The van der Waals surface area contributed by atoms with E-state index < -0.39 is 0 Å². The second kappa shape index (κ2) is 7.39. The summed E-state index contributed by atoms with van der Waals surface area (Å²) in [6, 6.07) is 7.96. The van der Waals surface area contributed by atoms with E-state index in [-0.39, 0.29) is 12.7 Å². The Kier molecular flexibility index (Phi) is 6.08. The van der Waals surface area contributed by atoms with Crippen molar-refractivity contribution >= 4 is 0 Å². The normalized spacial score (nSPS) is 12.7. The highest BCUT2D eigenvalue weighted by Gasteiger charge is 2.00. The van der Waals surface area contributed by atoms with E-state index in [9.17, 15) is 0 Å². The van der Waals surface area contributed by atoms with Gasteiger partial charge < -0.3 is 15.2 Å². The molecule has 0 saturated heterocycles. The number of aliphatic hydroxyl groups is 1. The van der Waals surface area contributed by atoms with Gasteiger partial charge in [-0.25, -0.2) is 0 Å². The van der Waals surface area contributed by atoms with Crippen molar-refractivity contribution < 1.29 is 9.84 Å².